The fraction of sp³-hybridized carbons (Fsp3) is 0.182. The molecule has 0 aliphatic rings. The zero-order chi connectivity index (χ0) is 10.6. The summed E-state index contributed by atoms with van der Waals surface area (Å²) in [6.07, 6.45) is 1.67. The van der Waals surface area contributed by atoms with Gasteiger partial charge in [0.1, 0.15) is 5.75 Å². The standard InChI is InChI=1S/C11H11F2O/c1-3-8(2)9-5-4-6-10(7-9)14-11(12)13/h3-7,11H,1H2,2H3. The number of allylic oxidation sites excluding steroid dienone is 1. The summed E-state index contributed by atoms with van der Waals surface area (Å²) in [7, 11) is 0. The Labute approximate surface area is 82.0 Å². The highest BCUT2D eigenvalue weighted by Crippen LogP contribution is 2.21. The lowest BCUT2D eigenvalue weighted by Crippen LogP contribution is -2.02. The molecule has 1 radical (unpaired) electrons. The Kier molecular flexibility index (Phi) is 3.63. The van der Waals surface area contributed by atoms with Crippen molar-refractivity contribution >= 4 is 0 Å². The maximum Gasteiger partial charge on any atom is 0.387 e. The molecule has 14 heavy (non-hydrogen) atoms. The lowest BCUT2D eigenvalue weighted by atomic mass is 10.0. The molecule has 1 aromatic rings. The van der Waals surface area contributed by atoms with Crippen LogP contribution in [-0.2, 0) is 0 Å². The lowest BCUT2D eigenvalue weighted by molar-refractivity contribution is -0.0498. The van der Waals surface area contributed by atoms with Gasteiger partial charge in [-0.25, -0.2) is 0 Å². The van der Waals surface area contributed by atoms with Gasteiger partial charge < -0.3 is 4.74 Å². The van der Waals surface area contributed by atoms with Gasteiger partial charge in [0.25, 0.3) is 0 Å². The van der Waals surface area contributed by atoms with Crippen molar-refractivity contribution in [2.75, 3.05) is 0 Å². The van der Waals surface area contributed by atoms with Crippen LogP contribution in [0.15, 0.2) is 36.9 Å². The van der Waals surface area contributed by atoms with E-state index in [4.69, 9.17) is 0 Å². The first-order valence-electron chi connectivity index (χ1n) is 4.14. The number of rotatable bonds is 4. The zero-order valence-electron chi connectivity index (χ0n) is 7.84. The van der Waals surface area contributed by atoms with Crippen LogP contribution >= 0.6 is 0 Å². The van der Waals surface area contributed by atoms with E-state index < -0.39 is 6.61 Å². The molecule has 0 N–H and O–H groups in total. The topological polar surface area (TPSA) is 9.23 Å². The highest BCUT2D eigenvalue weighted by Gasteiger charge is 2.06. The van der Waals surface area contributed by atoms with Crippen molar-refractivity contribution < 1.29 is 13.5 Å². The van der Waals surface area contributed by atoms with Crippen LogP contribution in [0.25, 0.3) is 0 Å². The molecule has 3 heteroatoms. The predicted molar refractivity (Wildman–Crippen MR) is 51.3 cm³/mol. The molecule has 0 atom stereocenters. The summed E-state index contributed by atoms with van der Waals surface area (Å²) in [5, 5.41) is 0. The van der Waals surface area contributed by atoms with Gasteiger partial charge >= 0.3 is 6.61 Å². The number of alkyl halides is 2. The van der Waals surface area contributed by atoms with Crippen molar-refractivity contribution in [3.8, 4) is 5.75 Å². The highest BCUT2D eigenvalue weighted by atomic mass is 19.3. The molecule has 0 saturated carbocycles. The van der Waals surface area contributed by atoms with E-state index in [2.05, 4.69) is 11.3 Å². The van der Waals surface area contributed by atoms with Crippen LogP contribution in [-0.4, -0.2) is 6.61 Å². The molecule has 0 amide bonds. The largest absolute Gasteiger partial charge is 0.435 e. The third-order valence-electron chi connectivity index (χ3n) is 1.82. The Balaban J connectivity index is 2.83. The third-order valence-corrected chi connectivity index (χ3v) is 1.82. The van der Waals surface area contributed by atoms with Gasteiger partial charge in [0.15, 0.2) is 0 Å². The second-order valence-corrected chi connectivity index (χ2v) is 2.79. The molecule has 1 rings (SSSR count). The van der Waals surface area contributed by atoms with E-state index in [1.54, 1.807) is 18.2 Å². The lowest BCUT2D eigenvalue weighted by Gasteiger charge is -2.08. The first-order valence-corrected chi connectivity index (χ1v) is 4.14. The van der Waals surface area contributed by atoms with Crippen molar-refractivity contribution in [2.24, 2.45) is 0 Å². The smallest absolute Gasteiger partial charge is 0.387 e. The number of benzene rings is 1. The molecule has 0 fully saturated rings. The van der Waals surface area contributed by atoms with Gasteiger partial charge in [-0.15, -0.1) is 6.58 Å². The Hall–Kier alpha value is -1.38. The Bertz CT molecular complexity index is 310. The SMILES string of the molecule is C=C[C](C)c1cccc(OC(F)F)c1. The van der Waals surface area contributed by atoms with Crippen molar-refractivity contribution in [3.63, 3.8) is 0 Å². The monoisotopic (exact) mass is 197 g/mol. The van der Waals surface area contributed by atoms with Crippen molar-refractivity contribution in [1.29, 1.82) is 0 Å². The Morgan fingerprint density at radius 2 is 2.21 bits per heavy atom. The van der Waals surface area contributed by atoms with Gasteiger partial charge in [-0.1, -0.05) is 25.1 Å². The molecular weight excluding hydrogens is 186 g/mol. The summed E-state index contributed by atoms with van der Waals surface area (Å²) < 4.78 is 28.0. The third kappa shape index (κ3) is 2.83. The average molecular weight is 197 g/mol. The van der Waals surface area contributed by atoms with E-state index in [1.807, 2.05) is 13.0 Å². The second-order valence-electron chi connectivity index (χ2n) is 2.79. The minimum Gasteiger partial charge on any atom is -0.435 e. The van der Waals surface area contributed by atoms with Crippen LogP contribution in [0.3, 0.4) is 0 Å². The quantitative estimate of drug-likeness (QED) is 0.718. The first-order chi connectivity index (χ1) is 6.63. The van der Waals surface area contributed by atoms with Crippen LogP contribution in [0.2, 0.25) is 0 Å². The van der Waals surface area contributed by atoms with Gasteiger partial charge in [-0.3, -0.25) is 0 Å². The minimum atomic E-state index is -2.78. The molecule has 0 heterocycles. The Morgan fingerprint density at radius 1 is 1.50 bits per heavy atom. The molecule has 75 valence electrons. The molecule has 0 spiro atoms. The number of ether oxygens (including phenoxy) is 1. The van der Waals surface area contributed by atoms with Crippen molar-refractivity contribution in [3.05, 3.63) is 48.4 Å². The summed E-state index contributed by atoms with van der Waals surface area (Å²) in [6, 6.07) is 6.53. The number of hydrogen-bond acceptors (Lipinski definition) is 1. The van der Waals surface area contributed by atoms with Crippen LogP contribution in [0.4, 0.5) is 8.78 Å². The van der Waals surface area contributed by atoms with Gasteiger partial charge in [-0.05, 0) is 17.7 Å². The maximum atomic E-state index is 11.9. The molecular formula is C11H11F2O. The highest BCUT2D eigenvalue weighted by molar-refractivity contribution is 5.40. The molecule has 0 aliphatic heterocycles. The summed E-state index contributed by atoms with van der Waals surface area (Å²) in [5.41, 5.74) is 0.832. The maximum absolute atomic E-state index is 11.9. The van der Waals surface area contributed by atoms with E-state index in [9.17, 15) is 8.78 Å². The average Bonchev–Trinajstić information content (AvgIpc) is 2.16. The summed E-state index contributed by atoms with van der Waals surface area (Å²) in [5.74, 6) is 1.09. The summed E-state index contributed by atoms with van der Waals surface area (Å²) in [4.78, 5) is 0. The van der Waals surface area contributed by atoms with Crippen molar-refractivity contribution in [1.82, 2.24) is 0 Å². The second kappa shape index (κ2) is 4.74. The van der Waals surface area contributed by atoms with E-state index in [0.29, 0.717) is 0 Å². The molecule has 1 nitrogen and oxygen atoms in total. The minimum absolute atomic E-state index is 0.165. The van der Waals surface area contributed by atoms with Crippen molar-refractivity contribution in [2.45, 2.75) is 13.5 Å². The molecule has 0 saturated heterocycles. The fourth-order valence-corrected chi connectivity index (χ4v) is 1.04. The first kappa shape index (κ1) is 10.7. The van der Waals surface area contributed by atoms with Crippen LogP contribution in [0.5, 0.6) is 5.75 Å². The molecule has 0 aliphatic carbocycles. The normalized spacial score (nSPS) is 10.6. The van der Waals surface area contributed by atoms with Crippen LogP contribution in [0.1, 0.15) is 12.5 Å². The zero-order valence-corrected chi connectivity index (χ0v) is 7.84. The molecule has 1 aromatic carbocycles. The van der Waals surface area contributed by atoms with Crippen LogP contribution in [0, 0.1) is 5.92 Å². The van der Waals surface area contributed by atoms with E-state index in [-0.39, 0.29) is 5.75 Å². The number of halogens is 2. The van der Waals surface area contributed by atoms with E-state index >= 15 is 0 Å². The van der Waals surface area contributed by atoms with Gasteiger partial charge in [0, 0.05) is 5.92 Å². The summed E-state index contributed by atoms with van der Waals surface area (Å²) >= 11 is 0. The summed E-state index contributed by atoms with van der Waals surface area (Å²) in [6.45, 7) is 2.67. The molecule has 0 bridgehead atoms. The molecule has 0 unspecified atom stereocenters. The fourth-order valence-electron chi connectivity index (χ4n) is 1.04. The Morgan fingerprint density at radius 3 is 2.79 bits per heavy atom. The van der Waals surface area contributed by atoms with E-state index in [0.717, 1.165) is 11.5 Å². The number of hydrogen-bond donors (Lipinski definition) is 0. The van der Waals surface area contributed by atoms with E-state index in [1.165, 1.54) is 6.07 Å². The van der Waals surface area contributed by atoms with Gasteiger partial charge in [0.2, 0.25) is 0 Å². The van der Waals surface area contributed by atoms with Gasteiger partial charge in [0.05, 0.1) is 0 Å². The predicted octanol–water partition coefficient (Wildman–Crippen LogP) is 3.42. The van der Waals surface area contributed by atoms with Gasteiger partial charge in [-0.2, -0.15) is 8.78 Å². The van der Waals surface area contributed by atoms with Crippen LogP contribution < -0.4 is 4.74 Å². The molecule has 0 aromatic heterocycles.